The van der Waals surface area contributed by atoms with E-state index in [0.29, 0.717) is 5.69 Å². The molecule has 23 heavy (non-hydrogen) atoms. The Morgan fingerprint density at radius 2 is 1.96 bits per heavy atom. The maximum absolute atomic E-state index is 11.7. The standard InChI is InChI=1S/C14H18N2O5S2/c1-9-2-4-10(5-3-9)15-14(22)16(6-13(18)19)11-7-23(20,21)8-12(11)17/h2-5,11-12,17H,6-8H2,1H3,(H,15,22)(H,18,19)/t11-,12-/m0/s1. The molecule has 1 aliphatic heterocycles. The Balaban J connectivity index is 2.19. The summed E-state index contributed by atoms with van der Waals surface area (Å²) < 4.78 is 23.3. The van der Waals surface area contributed by atoms with Crippen LogP contribution >= 0.6 is 12.2 Å². The number of aliphatic hydroxyl groups is 1. The third-order valence-corrected chi connectivity index (χ3v) is 5.60. The average molecular weight is 358 g/mol. The zero-order chi connectivity index (χ0) is 17.2. The van der Waals surface area contributed by atoms with Gasteiger partial charge in [-0.05, 0) is 31.3 Å². The number of hydrogen-bond donors (Lipinski definition) is 3. The smallest absolute Gasteiger partial charge is 0.323 e. The van der Waals surface area contributed by atoms with Crippen molar-refractivity contribution in [3.63, 3.8) is 0 Å². The Labute approximate surface area is 139 Å². The molecule has 0 unspecified atom stereocenters. The number of rotatable bonds is 4. The van der Waals surface area contributed by atoms with Crippen molar-refractivity contribution in [3.05, 3.63) is 29.8 Å². The van der Waals surface area contributed by atoms with Gasteiger partial charge in [0.2, 0.25) is 0 Å². The number of carboxylic acid groups (broad SMARTS) is 1. The topological polar surface area (TPSA) is 107 Å². The normalized spacial score (nSPS) is 22.5. The maximum Gasteiger partial charge on any atom is 0.323 e. The van der Waals surface area contributed by atoms with E-state index in [9.17, 15) is 18.3 Å². The van der Waals surface area contributed by atoms with Crippen LogP contribution in [-0.4, -0.2) is 64.8 Å². The zero-order valence-corrected chi connectivity index (χ0v) is 14.1. The van der Waals surface area contributed by atoms with E-state index in [4.69, 9.17) is 17.3 Å². The predicted octanol–water partition coefficient (Wildman–Crippen LogP) is 0.236. The molecule has 1 aromatic carbocycles. The van der Waals surface area contributed by atoms with Gasteiger partial charge in [0.1, 0.15) is 6.54 Å². The summed E-state index contributed by atoms with van der Waals surface area (Å²) in [5, 5.41) is 22.0. The first-order valence-electron chi connectivity index (χ1n) is 6.92. The Bertz CT molecular complexity index is 702. The lowest BCUT2D eigenvalue weighted by Crippen LogP contribution is -2.50. The minimum atomic E-state index is -3.41. The van der Waals surface area contributed by atoms with Gasteiger partial charge in [0.05, 0.1) is 23.7 Å². The molecular formula is C14H18N2O5S2. The van der Waals surface area contributed by atoms with E-state index in [1.54, 1.807) is 12.1 Å². The van der Waals surface area contributed by atoms with Crippen molar-refractivity contribution in [2.75, 3.05) is 23.4 Å². The molecule has 2 atom stereocenters. The lowest BCUT2D eigenvalue weighted by molar-refractivity contribution is -0.137. The summed E-state index contributed by atoms with van der Waals surface area (Å²) in [5.41, 5.74) is 1.72. The summed E-state index contributed by atoms with van der Waals surface area (Å²) in [5.74, 6) is -1.87. The van der Waals surface area contributed by atoms with Crippen LogP contribution in [0.5, 0.6) is 0 Å². The maximum atomic E-state index is 11.7. The third-order valence-electron chi connectivity index (χ3n) is 3.56. The summed E-state index contributed by atoms with van der Waals surface area (Å²) in [7, 11) is -3.41. The quantitative estimate of drug-likeness (QED) is 0.657. The molecule has 126 valence electrons. The van der Waals surface area contributed by atoms with Gasteiger partial charge in [0.25, 0.3) is 0 Å². The van der Waals surface area contributed by atoms with Crippen LogP contribution in [0.4, 0.5) is 5.69 Å². The summed E-state index contributed by atoms with van der Waals surface area (Å²) in [6.45, 7) is 1.44. The molecule has 2 rings (SSSR count). The molecule has 0 aliphatic carbocycles. The van der Waals surface area contributed by atoms with E-state index < -0.39 is 34.5 Å². The van der Waals surface area contributed by atoms with E-state index in [1.807, 2.05) is 19.1 Å². The fraction of sp³-hybridized carbons (Fsp3) is 0.429. The van der Waals surface area contributed by atoms with Gasteiger partial charge in [-0.25, -0.2) is 8.42 Å². The Hall–Kier alpha value is -1.71. The van der Waals surface area contributed by atoms with Crippen molar-refractivity contribution in [3.8, 4) is 0 Å². The molecule has 0 radical (unpaired) electrons. The molecule has 1 aromatic rings. The Morgan fingerprint density at radius 3 is 2.43 bits per heavy atom. The number of hydrogen-bond acceptors (Lipinski definition) is 5. The summed E-state index contributed by atoms with van der Waals surface area (Å²) in [6.07, 6.45) is -1.17. The van der Waals surface area contributed by atoms with Gasteiger partial charge in [-0.15, -0.1) is 0 Å². The van der Waals surface area contributed by atoms with Crippen molar-refractivity contribution in [2.24, 2.45) is 0 Å². The van der Waals surface area contributed by atoms with E-state index in [0.717, 1.165) is 5.56 Å². The van der Waals surface area contributed by atoms with Crippen molar-refractivity contribution in [1.82, 2.24) is 4.90 Å². The molecule has 9 heteroatoms. The van der Waals surface area contributed by atoms with E-state index in [1.165, 1.54) is 4.90 Å². The fourth-order valence-corrected chi connectivity index (χ4v) is 4.54. The van der Waals surface area contributed by atoms with Crippen molar-refractivity contribution in [1.29, 1.82) is 0 Å². The van der Waals surface area contributed by atoms with E-state index in [2.05, 4.69) is 5.32 Å². The predicted molar refractivity (Wildman–Crippen MR) is 90.2 cm³/mol. The molecule has 1 heterocycles. The van der Waals surface area contributed by atoms with Crippen LogP contribution in [0, 0.1) is 6.92 Å². The van der Waals surface area contributed by atoms with Gasteiger partial charge in [-0.2, -0.15) is 0 Å². The zero-order valence-electron chi connectivity index (χ0n) is 12.5. The van der Waals surface area contributed by atoms with Gasteiger partial charge in [0.15, 0.2) is 14.9 Å². The minimum Gasteiger partial charge on any atom is -0.480 e. The largest absolute Gasteiger partial charge is 0.480 e. The highest BCUT2D eigenvalue weighted by molar-refractivity contribution is 7.91. The van der Waals surface area contributed by atoms with Gasteiger partial charge in [0, 0.05) is 5.69 Å². The van der Waals surface area contributed by atoms with Gasteiger partial charge < -0.3 is 20.4 Å². The Kier molecular flexibility index (Phi) is 5.23. The van der Waals surface area contributed by atoms with Crippen LogP contribution in [0.1, 0.15) is 5.56 Å². The molecule has 0 saturated carbocycles. The molecule has 0 bridgehead atoms. The van der Waals surface area contributed by atoms with Crippen molar-refractivity contribution >= 4 is 38.8 Å². The van der Waals surface area contributed by atoms with Crippen LogP contribution in [0.2, 0.25) is 0 Å². The summed E-state index contributed by atoms with van der Waals surface area (Å²) in [6, 6.07) is 6.41. The molecular weight excluding hydrogens is 340 g/mol. The number of sulfone groups is 1. The highest BCUT2D eigenvalue weighted by Crippen LogP contribution is 2.20. The third kappa shape index (κ3) is 4.63. The number of aliphatic carboxylic acids is 1. The number of nitrogens with one attached hydrogen (secondary N) is 1. The number of aliphatic hydroxyl groups excluding tert-OH is 1. The van der Waals surface area contributed by atoms with Crippen molar-refractivity contribution < 1.29 is 23.4 Å². The highest BCUT2D eigenvalue weighted by atomic mass is 32.2. The molecule has 0 amide bonds. The summed E-state index contributed by atoms with van der Waals surface area (Å²) >= 11 is 5.22. The monoisotopic (exact) mass is 358 g/mol. The van der Waals surface area contributed by atoms with Crippen LogP contribution in [-0.2, 0) is 14.6 Å². The van der Waals surface area contributed by atoms with Crippen LogP contribution in [0.15, 0.2) is 24.3 Å². The first-order chi connectivity index (χ1) is 10.7. The van der Waals surface area contributed by atoms with Crippen molar-refractivity contribution in [2.45, 2.75) is 19.1 Å². The second kappa shape index (κ2) is 6.81. The molecule has 3 N–H and O–H groups in total. The van der Waals surface area contributed by atoms with Gasteiger partial charge in [-0.1, -0.05) is 17.7 Å². The van der Waals surface area contributed by atoms with Crippen LogP contribution in [0.3, 0.4) is 0 Å². The molecule has 7 nitrogen and oxygen atoms in total. The number of nitrogens with zero attached hydrogens (tertiary/aromatic N) is 1. The molecule has 0 spiro atoms. The Morgan fingerprint density at radius 1 is 1.35 bits per heavy atom. The van der Waals surface area contributed by atoms with E-state index in [-0.39, 0.29) is 16.6 Å². The number of thiocarbonyl (C=S) groups is 1. The lowest BCUT2D eigenvalue weighted by atomic mass is 10.2. The van der Waals surface area contributed by atoms with Crippen LogP contribution < -0.4 is 5.32 Å². The number of carboxylic acids is 1. The lowest BCUT2D eigenvalue weighted by Gasteiger charge is -2.31. The van der Waals surface area contributed by atoms with E-state index >= 15 is 0 Å². The first-order valence-corrected chi connectivity index (χ1v) is 9.15. The van der Waals surface area contributed by atoms with Gasteiger partial charge >= 0.3 is 5.97 Å². The number of anilines is 1. The fourth-order valence-electron chi connectivity index (χ4n) is 2.43. The minimum absolute atomic E-state index is 0.0670. The molecule has 1 saturated heterocycles. The number of benzene rings is 1. The number of carbonyl (C=O) groups is 1. The molecule has 1 fully saturated rings. The number of aryl methyl sites for hydroxylation is 1. The van der Waals surface area contributed by atoms with Gasteiger partial charge in [-0.3, -0.25) is 4.79 Å². The molecule has 1 aliphatic rings. The molecule has 0 aromatic heterocycles. The second-order valence-corrected chi connectivity index (χ2v) is 8.07. The second-order valence-electron chi connectivity index (χ2n) is 5.53. The average Bonchev–Trinajstić information content (AvgIpc) is 2.71. The SMILES string of the molecule is Cc1ccc(NC(=S)N(CC(=O)O)[C@H]2CS(=O)(=O)C[C@@H]2O)cc1. The highest BCUT2D eigenvalue weighted by Gasteiger charge is 2.41. The first kappa shape index (κ1) is 17.6. The van der Waals surface area contributed by atoms with Crippen LogP contribution in [0.25, 0.3) is 0 Å². The summed E-state index contributed by atoms with van der Waals surface area (Å²) in [4.78, 5) is 12.3.